The summed E-state index contributed by atoms with van der Waals surface area (Å²) in [5, 5.41) is 13.5. The monoisotopic (exact) mass is 342 g/mol. The smallest absolute Gasteiger partial charge is 0.139 e. The average Bonchev–Trinajstić information content (AvgIpc) is 2.48. The van der Waals surface area contributed by atoms with Crippen LogP contribution >= 0.6 is 35.6 Å². The number of pyridine rings is 1. The number of rotatable bonds is 4. The van der Waals surface area contributed by atoms with E-state index in [4.69, 9.17) is 23.8 Å². The van der Waals surface area contributed by atoms with Crippen molar-refractivity contribution in [1.29, 1.82) is 0 Å². The van der Waals surface area contributed by atoms with Gasteiger partial charge < -0.3 is 10.4 Å². The molecule has 1 heterocycles. The third-order valence-corrected chi connectivity index (χ3v) is 4.11. The first-order valence-corrected chi connectivity index (χ1v) is 7.80. The SMILES string of the molecule is OC(CSC(=S)Nc1ccc(Cl)cn1)c1ccc(F)cc1. The third kappa shape index (κ3) is 5.24. The van der Waals surface area contributed by atoms with Crippen molar-refractivity contribution in [1.82, 2.24) is 4.98 Å². The minimum atomic E-state index is -0.714. The summed E-state index contributed by atoms with van der Waals surface area (Å²) in [6.07, 6.45) is 0.804. The first-order valence-electron chi connectivity index (χ1n) is 6.03. The number of thiocarbonyl (C=S) groups is 1. The number of aliphatic hydroxyl groups excluding tert-OH is 1. The molecule has 21 heavy (non-hydrogen) atoms. The molecule has 1 aromatic carbocycles. The van der Waals surface area contributed by atoms with E-state index < -0.39 is 6.10 Å². The van der Waals surface area contributed by atoms with Crippen molar-refractivity contribution >= 4 is 45.7 Å². The lowest BCUT2D eigenvalue weighted by Crippen LogP contribution is -2.09. The van der Waals surface area contributed by atoms with Gasteiger partial charge in [-0.25, -0.2) is 9.37 Å². The van der Waals surface area contributed by atoms with E-state index in [1.54, 1.807) is 24.3 Å². The van der Waals surface area contributed by atoms with E-state index >= 15 is 0 Å². The highest BCUT2D eigenvalue weighted by molar-refractivity contribution is 8.23. The summed E-state index contributed by atoms with van der Waals surface area (Å²) in [5.74, 6) is 0.628. The van der Waals surface area contributed by atoms with Crippen LogP contribution in [0.3, 0.4) is 0 Å². The molecule has 0 bridgehead atoms. The summed E-state index contributed by atoms with van der Waals surface area (Å²) in [6, 6.07) is 9.16. The molecule has 0 radical (unpaired) electrons. The summed E-state index contributed by atoms with van der Waals surface area (Å²) in [4.78, 5) is 4.07. The van der Waals surface area contributed by atoms with E-state index in [9.17, 15) is 9.50 Å². The second kappa shape index (κ2) is 7.70. The summed E-state index contributed by atoms with van der Waals surface area (Å²) in [6.45, 7) is 0. The minimum absolute atomic E-state index is 0.329. The zero-order valence-corrected chi connectivity index (χ0v) is 13.2. The molecule has 110 valence electrons. The Balaban J connectivity index is 1.83. The predicted octanol–water partition coefficient (Wildman–Crippen LogP) is 4.04. The zero-order valence-electron chi connectivity index (χ0n) is 10.8. The van der Waals surface area contributed by atoms with Gasteiger partial charge in [0.15, 0.2) is 0 Å². The maximum absolute atomic E-state index is 12.8. The van der Waals surface area contributed by atoms with Crippen LogP contribution in [0.25, 0.3) is 0 Å². The van der Waals surface area contributed by atoms with Gasteiger partial charge >= 0.3 is 0 Å². The largest absolute Gasteiger partial charge is 0.388 e. The lowest BCUT2D eigenvalue weighted by molar-refractivity contribution is 0.204. The second-order valence-electron chi connectivity index (χ2n) is 4.15. The Hall–Kier alpha value is -1.21. The fourth-order valence-electron chi connectivity index (χ4n) is 1.53. The first-order chi connectivity index (χ1) is 10.0. The highest BCUT2D eigenvalue weighted by Crippen LogP contribution is 2.20. The van der Waals surface area contributed by atoms with Gasteiger partial charge in [0.1, 0.15) is 16.0 Å². The number of thioether (sulfide) groups is 1. The first kappa shape index (κ1) is 16.2. The number of nitrogens with one attached hydrogen (secondary N) is 1. The molecular weight excluding hydrogens is 331 g/mol. The van der Waals surface area contributed by atoms with Crippen molar-refractivity contribution < 1.29 is 9.50 Å². The number of nitrogens with zero attached hydrogens (tertiary/aromatic N) is 1. The van der Waals surface area contributed by atoms with Gasteiger partial charge in [0.05, 0.1) is 11.1 Å². The maximum Gasteiger partial charge on any atom is 0.139 e. The number of aromatic nitrogens is 1. The van der Waals surface area contributed by atoms with Gasteiger partial charge in [0.25, 0.3) is 0 Å². The molecule has 0 saturated heterocycles. The molecule has 2 N–H and O–H groups in total. The molecule has 1 aromatic heterocycles. The van der Waals surface area contributed by atoms with E-state index in [2.05, 4.69) is 10.3 Å². The summed E-state index contributed by atoms with van der Waals surface area (Å²) < 4.78 is 13.3. The van der Waals surface area contributed by atoms with Crippen LogP contribution in [0.5, 0.6) is 0 Å². The highest BCUT2D eigenvalue weighted by Gasteiger charge is 2.10. The molecule has 7 heteroatoms. The van der Waals surface area contributed by atoms with Crippen LogP contribution in [0, 0.1) is 5.82 Å². The Labute approximate surface area is 136 Å². The Morgan fingerprint density at radius 1 is 1.33 bits per heavy atom. The quantitative estimate of drug-likeness (QED) is 0.821. The van der Waals surface area contributed by atoms with Gasteiger partial charge in [-0.3, -0.25) is 0 Å². The van der Waals surface area contributed by atoms with Gasteiger partial charge in [-0.15, -0.1) is 0 Å². The van der Waals surface area contributed by atoms with Crippen LogP contribution in [-0.4, -0.2) is 20.2 Å². The van der Waals surface area contributed by atoms with Gasteiger partial charge in [-0.2, -0.15) is 0 Å². The van der Waals surface area contributed by atoms with E-state index in [1.165, 1.54) is 30.1 Å². The van der Waals surface area contributed by atoms with Crippen LogP contribution in [-0.2, 0) is 0 Å². The molecule has 2 aromatic rings. The summed E-state index contributed by atoms with van der Waals surface area (Å²) in [7, 11) is 0. The van der Waals surface area contributed by atoms with Crippen molar-refractivity contribution in [3.05, 3.63) is 59.0 Å². The number of hydrogen-bond donors (Lipinski definition) is 2. The van der Waals surface area contributed by atoms with E-state index in [0.717, 1.165) is 0 Å². The highest BCUT2D eigenvalue weighted by atomic mass is 35.5. The van der Waals surface area contributed by atoms with Gasteiger partial charge in [0, 0.05) is 11.9 Å². The number of halogens is 2. The lowest BCUT2D eigenvalue weighted by atomic mass is 10.1. The third-order valence-electron chi connectivity index (χ3n) is 2.58. The Kier molecular flexibility index (Phi) is 5.93. The van der Waals surface area contributed by atoms with E-state index in [0.29, 0.717) is 26.5 Å². The molecule has 3 nitrogen and oxygen atoms in total. The molecule has 0 aliphatic rings. The molecule has 0 spiro atoms. The molecular formula is C14H12ClFN2OS2. The molecule has 1 unspecified atom stereocenters. The standard InChI is InChI=1S/C14H12ClFN2OS2/c15-10-3-6-13(17-7-10)18-14(20)21-8-12(19)9-1-4-11(16)5-2-9/h1-7,12,19H,8H2,(H,17,18,20). The molecule has 0 aliphatic heterocycles. The van der Waals surface area contributed by atoms with Crippen LogP contribution in [0.4, 0.5) is 10.2 Å². The lowest BCUT2D eigenvalue weighted by Gasteiger charge is -2.12. The molecule has 0 saturated carbocycles. The zero-order chi connectivity index (χ0) is 15.2. The molecule has 0 aliphatic carbocycles. The normalized spacial score (nSPS) is 12.0. The molecule has 1 atom stereocenters. The average molecular weight is 343 g/mol. The second-order valence-corrected chi connectivity index (χ2v) is 6.29. The van der Waals surface area contributed by atoms with Crippen LogP contribution in [0.1, 0.15) is 11.7 Å². The number of anilines is 1. The van der Waals surface area contributed by atoms with Gasteiger partial charge in [-0.05, 0) is 29.8 Å². The van der Waals surface area contributed by atoms with Crippen molar-refractivity contribution in [2.75, 3.05) is 11.1 Å². The predicted molar refractivity (Wildman–Crippen MR) is 89.3 cm³/mol. The number of hydrogen-bond acceptors (Lipinski definition) is 4. The minimum Gasteiger partial charge on any atom is -0.388 e. The fourth-order valence-corrected chi connectivity index (χ4v) is 2.63. The molecule has 0 fully saturated rings. The van der Waals surface area contributed by atoms with E-state index in [1.807, 2.05) is 0 Å². The van der Waals surface area contributed by atoms with Gasteiger partial charge in [0.2, 0.25) is 0 Å². The molecule has 0 amide bonds. The maximum atomic E-state index is 12.8. The molecule has 2 rings (SSSR count). The Bertz CT molecular complexity index is 607. The van der Waals surface area contributed by atoms with Crippen molar-refractivity contribution in [3.8, 4) is 0 Å². The Morgan fingerprint density at radius 3 is 2.67 bits per heavy atom. The van der Waals surface area contributed by atoms with E-state index in [-0.39, 0.29) is 5.82 Å². The fraction of sp³-hybridized carbons (Fsp3) is 0.143. The number of aliphatic hydroxyl groups is 1. The van der Waals surface area contributed by atoms with Crippen LogP contribution in [0.2, 0.25) is 5.02 Å². The number of benzene rings is 1. The van der Waals surface area contributed by atoms with Crippen molar-refractivity contribution in [3.63, 3.8) is 0 Å². The van der Waals surface area contributed by atoms with Crippen LogP contribution < -0.4 is 5.32 Å². The summed E-state index contributed by atoms with van der Waals surface area (Å²) in [5.41, 5.74) is 0.649. The van der Waals surface area contributed by atoms with Crippen molar-refractivity contribution in [2.24, 2.45) is 0 Å². The van der Waals surface area contributed by atoms with Gasteiger partial charge in [-0.1, -0.05) is 47.7 Å². The van der Waals surface area contributed by atoms with Crippen molar-refractivity contribution in [2.45, 2.75) is 6.10 Å². The van der Waals surface area contributed by atoms with Crippen LogP contribution in [0.15, 0.2) is 42.6 Å². The summed E-state index contributed by atoms with van der Waals surface area (Å²) >= 11 is 12.2. The topological polar surface area (TPSA) is 45.1 Å². The Morgan fingerprint density at radius 2 is 2.05 bits per heavy atom.